The van der Waals surface area contributed by atoms with Gasteiger partial charge in [0.05, 0.1) is 38.1 Å². The smallest absolute Gasteiger partial charge is 0.239 e. The fourth-order valence-electron chi connectivity index (χ4n) is 2.08. The number of rotatable bonds is 8. The Bertz CT molecular complexity index is 747. The van der Waals surface area contributed by atoms with Crippen LogP contribution in [0, 0.1) is 5.92 Å². The van der Waals surface area contributed by atoms with Gasteiger partial charge in [-0.2, -0.15) is 0 Å². The van der Waals surface area contributed by atoms with E-state index in [1.807, 2.05) is 38.1 Å². The SMILES string of the molecule is COc1ccc(-n2cc(CNC(=O)CNC(=O)[C@@H](N)C(C)C)nn2)cc1.Cl. The molecule has 1 aromatic carbocycles. The van der Waals surface area contributed by atoms with Crippen molar-refractivity contribution in [1.82, 2.24) is 25.6 Å². The normalized spacial score (nSPS) is 11.4. The number of nitrogens with one attached hydrogen (secondary N) is 2. The van der Waals surface area contributed by atoms with Crippen LogP contribution in [0.2, 0.25) is 0 Å². The molecule has 148 valence electrons. The van der Waals surface area contributed by atoms with Crippen LogP contribution >= 0.6 is 12.4 Å². The summed E-state index contributed by atoms with van der Waals surface area (Å²) in [5.74, 6) is 0.0838. The topological polar surface area (TPSA) is 124 Å². The number of benzene rings is 1. The number of carbonyl (C=O) groups is 2. The zero-order valence-electron chi connectivity index (χ0n) is 15.5. The summed E-state index contributed by atoms with van der Waals surface area (Å²) in [6, 6.07) is 6.71. The van der Waals surface area contributed by atoms with Crippen molar-refractivity contribution in [2.24, 2.45) is 11.7 Å². The van der Waals surface area contributed by atoms with Gasteiger partial charge in [0.25, 0.3) is 0 Å². The second-order valence-corrected chi connectivity index (χ2v) is 6.12. The highest BCUT2D eigenvalue weighted by atomic mass is 35.5. The van der Waals surface area contributed by atoms with Crippen LogP contribution in [0.5, 0.6) is 5.75 Å². The standard InChI is InChI=1S/C17H24N6O3.ClH/c1-11(2)16(18)17(25)20-9-15(24)19-8-12-10-23(22-21-12)13-4-6-14(26-3)7-5-13;/h4-7,10-11,16H,8-9,18H2,1-3H3,(H,19,24)(H,20,25);1H/t16-;/m0./s1. The van der Waals surface area contributed by atoms with Crippen LogP contribution in [0.1, 0.15) is 19.5 Å². The van der Waals surface area contributed by atoms with Gasteiger partial charge in [0.15, 0.2) is 0 Å². The maximum Gasteiger partial charge on any atom is 0.239 e. The first kappa shape index (κ1) is 22.4. The Hall–Kier alpha value is -2.65. The molecule has 0 saturated heterocycles. The summed E-state index contributed by atoms with van der Waals surface area (Å²) in [5.41, 5.74) is 7.14. The predicted molar refractivity (Wildman–Crippen MR) is 103 cm³/mol. The van der Waals surface area contributed by atoms with Gasteiger partial charge in [-0.3, -0.25) is 9.59 Å². The molecule has 2 amide bonds. The Balaban J connectivity index is 0.00000364. The van der Waals surface area contributed by atoms with Gasteiger partial charge in [-0.15, -0.1) is 17.5 Å². The Morgan fingerprint density at radius 2 is 1.89 bits per heavy atom. The molecule has 0 aliphatic rings. The molecule has 0 unspecified atom stereocenters. The molecule has 2 aromatic rings. The van der Waals surface area contributed by atoms with Crippen LogP contribution in [0.3, 0.4) is 0 Å². The minimum absolute atomic E-state index is 0. The van der Waals surface area contributed by atoms with Crippen molar-refractivity contribution in [2.75, 3.05) is 13.7 Å². The summed E-state index contributed by atoms with van der Waals surface area (Å²) in [6.45, 7) is 3.76. The minimum Gasteiger partial charge on any atom is -0.497 e. The lowest BCUT2D eigenvalue weighted by molar-refractivity contribution is -0.127. The number of halogens is 1. The Morgan fingerprint density at radius 1 is 1.22 bits per heavy atom. The quantitative estimate of drug-likeness (QED) is 0.593. The fourth-order valence-corrected chi connectivity index (χ4v) is 2.08. The summed E-state index contributed by atoms with van der Waals surface area (Å²) in [5, 5.41) is 13.2. The third-order valence-corrected chi connectivity index (χ3v) is 3.79. The van der Waals surface area contributed by atoms with E-state index in [-0.39, 0.29) is 43.2 Å². The molecule has 9 nitrogen and oxygen atoms in total. The molecule has 0 saturated carbocycles. The number of carbonyl (C=O) groups excluding carboxylic acids is 2. The summed E-state index contributed by atoms with van der Waals surface area (Å²) in [7, 11) is 1.60. The number of nitrogens with zero attached hydrogens (tertiary/aromatic N) is 3. The molecule has 0 bridgehead atoms. The van der Waals surface area contributed by atoms with Gasteiger partial charge in [-0.1, -0.05) is 19.1 Å². The van der Waals surface area contributed by atoms with Crippen molar-refractivity contribution in [3.63, 3.8) is 0 Å². The van der Waals surface area contributed by atoms with Gasteiger partial charge in [-0.25, -0.2) is 4.68 Å². The van der Waals surface area contributed by atoms with E-state index < -0.39 is 6.04 Å². The molecule has 2 rings (SSSR count). The molecule has 0 fully saturated rings. The molecule has 0 aliphatic heterocycles. The van der Waals surface area contributed by atoms with E-state index in [4.69, 9.17) is 10.5 Å². The zero-order valence-corrected chi connectivity index (χ0v) is 16.3. The van der Waals surface area contributed by atoms with Crippen LogP contribution in [-0.4, -0.2) is 46.5 Å². The maximum absolute atomic E-state index is 11.8. The van der Waals surface area contributed by atoms with Crippen LogP contribution in [0.4, 0.5) is 0 Å². The van der Waals surface area contributed by atoms with Crippen LogP contribution < -0.4 is 21.1 Å². The first-order valence-corrected chi connectivity index (χ1v) is 8.26. The summed E-state index contributed by atoms with van der Waals surface area (Å²) in [4.78, 5) is 23.5. The van der Waals surface area contributed by atoms with Gasteiger partial charge in [0.2, 0.25) is 11.8 Å². The largest absolute Gasteiger partial charge is 0.497 e. The second kappa shape index (κ2) is 10.5. The number of ether oxygens (including phenoxy) is 1. The molecule has 1 aromatic heterocycles. The lowest BCUT2D eigenvalue weighted by Crippen LogP contribution is -2.47. The number of aromatic nitrogens is 3. The third-order valence-electron chi connectivity index (χ3n) is 3.79. The first-order chi connectivity index (χ1) is 12.4. The molecule has 0 radical (unpaired) electrons. The highest BCUT2D eigenvalue weighted by molar-refractivity contribution is 5.87. The number of nitrogens with two attached hydrogens (primary N) is 1. The summed E-state index contributed by atoms with van der Waals surface area (Å²) < 4.78 is 6.71. The Labute approximate surface area is 164 Å². The average Bonchev–Trinajstić information content (AvgIpc) is 3.12. The maximum atomic E-state index is 11.8. The van der Waals surface area contributed by atoms with E-state index in [2.05, 4.69) is 20.9 Å². The van der Waals surface area contributed by atoms with Gasteiger partial charge in [0.1, 0.15) is 11.4 Å². The van der Waals surface area contributed by atoms with Crippen LogP contribution in [0.15, 0.2) is 30.5 Å². The van der Waals surface area contributed by atoms with E-state index in [0.29, 0.717) is 5.69 Å². The number of amides is 2. The van der Waals surface area contributed by atoms with Crippen molar-refractivity contribution in [3.8, 4) is 11.4 Å². The van der Waals surface area contributed by atoms with Gasteiger partial charge in [0, 0.05) is 0 Å². The van der Waals surface area contributed by atoms with E-state index in [1.54, 1.807) is 18.0 Å². The van der Waals surface area contributed by atoms with E-state index >= 15 is 0 Å². The predicted octanol–water partition coefficient (Wildman–Crippen LogP) is 0.413. The molecular formula is C17H25ClN6O3. The molecule has 1 atom stereocenters. The second-order valence-electron chi connectivity index (χ2n) is 6.12. The summed E-state index contributed by atoms with van der Waals surface area (Å²) in [6.07, 6.45) is 1.72. The molecule has 27 heavy (non-hydrogen) atoms. The molecule has 1 heterocycles. The summed E-state index contributed by atoms with van der Waals surface area (Å²) >= 11 is 0. The van der Waals surface area contributed by atoms with Crippen LogP contribution in [0.25, 0.3) is 5.69 Å². The van der Waals surface area contributed by atoms with Gasteiger partial charge >= 0.3 is 0 Å². The van der Waals surface area contributed by atoms with Crippen molar-refractivity contribution in [2.45, 2.75) is 26.4 Å². The average molecular weight is 397 g/mol. The molecule has 4 N–H and O–H groups in total. The van der Waals surface area contributed by atoms with Crippen molar-refractivity contribution in [1.29, 1.82) is 0 Å². The number of methoxy groups -OCH3 is 1. The van der Waals surface area contributed by atoms with Gasteiger partial charge in [-0.05, 0) is 30.2 Å². The fraction of sp³-hybridized carbons (Fsp3) is 0.412. The van der Waals surface area contributed by atoms with E-state index in [0.717, 1.165) is 11.4 Å². The lowest BCUT2D eigenvalue weighted by atomic mass is 10.1. The van der Waals surface area contributed by atoms with Crippen LogP contribution in [-0.2, 0) is 16.1 Å². The van der Waals surface area contributed by atoms with Crippen molar-refractivity contribution in [3.05, 3.63) is 36.2 Å². The van der Waals surface area contributed by atoms with Gasteiger partial charge < -0.3 is 21.1 Å². The Morgan fingerprint density at radius 3 is 2.48 bits per heavy atom. The van der Waals surface area contributed by atoms with E-state index in [1.165, 1.54) is 0 Å². The third kappa shape index (κ3) is 6.54. The minimum atomic E-state index is -0.632. The first-order valence-electron chi connectivity index (χ1n) is 8.26. The lowest BCUT2D eigenvalue weighted by Gasteiger charge is -2.14. The zero-order chi connectivity index (χ0) is 19.1. The van der Waals surface area contributed by atoms with Crippen molar-refractivity contribution >= 4 is 24.2 Å². The molecule has 10 heteroatoms. The number of hydrogen-bond acceptors (Lipinski definition) is 6. The number of hydrogen-bond donors (Lipinski definition) is 3. The van der Waals surface area contributed by atoms with E-state index in [9.17, 15) is 9.59 Å². The Kier molecular flexibility index (Phi) is 8.70. The highest BCUT2D eigenvalue weighted by Gasteiger charge is 2.17. The molecule has 0 spiro atoms. The highest BCUT2D eigenvalue weighted by Crippen LogP contribution is 2.14. The molecule has 0 aliphatic carbocycles. The monoisotopic (exact) mass is 396 g/mol. The van der Waals surface area contributed by atoms with Crippen molar-refractivity contribution < 1.29 is 14.3 Å². The molecular weight excluding hydrogens is 372 g/mol.